The lowest BCUT2D eigenvalue weighted by atomic mass is 9.94. The predicted octanol–water partition coefficient (Wildman–Crippen LogP) is 5.68. The summed E-state index contributed by atoms with van der Waals surface area (Å²) in [7, 11) is -3.73. The number of fused-ring (bicyclic) bond motifs is 1. The highest BCUT2D eigenvalue weighted by molar-refractivity contribution is 7.89. The lowest BCUT2D eigenvalue weighted by molar-refractivity contribution is -0.137. The fourth-order valence-corrected chi connectivity index (χ4v) is 6.20. The molecule has 2 heterocycles. The highest BCUT2D eigenvalue weighted by atomic mass is 32.2. The van der Waals surface area contributed by atoms with Crippen molar-refractivity contribution in [3.63, 3.8) is 0 Å². The van der Waals surface area contributed by atoms with Crippen LogP contribution in [0.2, 0.25) is 0 Å². The standard InChI is InChI=1S/C24H25F3N2O4S/c1-14-9-15(2)13-29(12-14)34(31,32)19-7-8-21-20(11-19)16(3)22(33-21)23(30)28-18-6-4-5-17(10-18)24(25,26)27/h4-8,10-11,14-15H,9,12-13H2,1-3H3,(H,28,30)/t14-,15-/m0/s1. The number of sulfonamides is 1. The molecule has 1 N–H and O–H groups in total. The Balaban J connectivity index is 1.63. The number of rotatable bonds is 4. The molecule has 1 aliphatic rings. The number of furan rings is 1. The molecule has 3 aromatic rings. The summed E-state index contributed by atoms with van der Waals surface area (Å²) in [5.41, 5.74) is -0.206. The maximum absolute atomic E-state index is 13.3. The SMILES string of the molecule is Cc1c(C(=O)Nc2cccc(C(F)(F)F)c2)oc2ccc(S(=O)(=O)N3C[C@@H](C)C[C@H](C)C3)cc12. The molecule has 6 nitrogen and oxygen atoms in total. The van der Waals surface area contributed by atoms with Gasteiger partial charge in [0.1, 0.15) is 5.58 Å². The molecule has 2 aromatic carbocycles. The first-order valence-electron chi connectivity index (χ1n) is 10.9. The number of aryl methyl sites for hydroxylation is 1. The van der Waals surface area contributed by atoms with Gasteiger partial charge in [-0.25, -0.2) is 8.42 Å². The third kappa shape index (κ3) is 4.69. The molecule has 182 valence electrons. The molecule has 1 amide bonds. The van der Waals surface area contributed by atoms with Crippen molar-refractivity contribution in [2.75, 3.05) is 18.4 Å². The van der Waals surface area contributed by atoms with E-state index in [1.165, 1.54) is 34.6 Å². The largest absolute Gasteiger partial charge is 0.451 e. The maximum Gasteiger partial charge on any atom is 0.416 e. The molecule has 0 bridgehead atoms. The first kappa shape index (κ1) is 24.3. The number of alkyl halides is 3. The maximum atomic E-state index is 13.3. The Kier molecular flexibility index (Phi) is 6.24. The molecule has 1 aliphatic heterocycles. The van der Waals surface area contributed by atoms with Gasteiger partial charge < -0.3 is 9.73 Å². The highest BCUT2D eigenvalue weighted by Gasteiger charge is 2.33. The van der Waals surface area contributed by atoms with Crippen LogP contribution >= 0.6 is 0 Å². The van der Waals surface area contributed by atoms with Gasteiger partial charge in [0.15, 0.2) is 5.76 Å². The fraction of sp³-hybridized carbons (Fsp3) is 0.375. The molecule has 10 heteroatoms. The zero-order chi connectivity index (χ0) is 24.8. The number of carbonyl (C=O) groups is 1. The second kappa shape index (κ2) is 8.74. The number of carbonyl (C=O) groups excluding carboxylic acids is 1. The van der Waals surface area contributed by atoms with E-state index in [-0.39, 0.29) is 28.2 Å². The predicted molar refractivity (Wildman–Crippen MR) is 122 cm³/mol. The van der Waals surface area contributed by atoms with Crippen molar-refractivity contribution >= 4 is 32.6 Å². The van der Waals surface area contributed by atoms with Crippen molar-refractivity contribution in [2.24, 2.45) is 11.8 Å². The lowest BCUT2D eigenvalue weighted by Crippen LogP contribution is -2.42. The molecule has 0 aliphatic carbocycles. The average Bonchev–Trinajstić information content (AvgIpc) is 3.09. The van der Waals surface area contributed by atoms with Crippen molar-refractivity contribution < 1.29 is 30.8 Å². The summed E-state index contributed by atoms with van der Waals surface area (Å²) in [6.07, 6.45) is -3.57. The Morgan fingerprint density at radius 1 is 1.09 bits per heavy atom. The molecule has 0 spiro atoms. The normalized spacial score (nSPS) is 19.9. The van der Waals surface area contributed by atoms with Crippen LogP contribution in [0.1, 0.15) is 41.9 Å². The summed E-state index contributed by atoms with van der Waals surface area (Å²) >= 11 is 0. The number of amides is 1. The van der Waals surface area contributed by atoms with Crippen molar-refractivity contribution in [3.8, 4) is 0 Å². The molecule has 4 rings (SSSR count). The third-order valence-corrected chi connectivity index (χ3v) is 7.86. The minimum absolute atomic E-state index is 0.0312. The van der Waals surface area contributed by atoms with E-state index < -0.39 is 27.7 Å². The number of anilines is 1. The number of nitrogens with zero attached hydrogens (tertiary/aromatic N) is 1. The second-order valence-corrected chi connectivity index (χ2v) is 11.0. The summed E-state index contributed by atoms with van der Waals surface area (Å²) in [6.45, 7) is 6.54. The van der Waals surface area contributed by atoms with E-state index in [0.29, 0.717) is 29.6 Å². The molecule has 0 radical (unpaired) electrons. The smallest absolute Gasteiger partial charge is 0.416 e. The van der Waals surface area contributed by atoms with Crippen LogP contribution in [0.15, 0.2) is 51.8 Å². The summed E-state index contributed by atoms with van der Waals surface area (Å²) in [4.78, 5) is 12.9. The molecular weight excluding hydrogens is 469 g/mol. The van der Waals surface area contributed by atoms with Crippen LogP contribution in [-0.2, 0) is 16.2 Å². The zero-order valence-corrected chi connectivity index (χ0v) is 19.8. The van der Waals surface area contributed by atoms with Crippen LogP contribution in [0.25, 0.3) is 11.0 Å². The Morgan fingerprint density at radius 2 is 1.76 bits per heavy atom. The van der Waals surface area contributed by atoms with Crippen molar-refractivity contribution in [1.82, 2.24) is 4.31 Å². The van der Waals surface area contributed by atoms with E-state index in [1.54, 1.807) is 6.92 Å². The van der Waals surface area contributed by atoms with Gasteiger partial charge in [-0.15, -0.1) is 0 Å². The first-order valence-corrected chi connectivity index (χ1v) is 12.3. The molecular formula is C24H25F3N2O4S. The fourth-order valence-electron chi connectivity index (χ4n) is 4.49. The second-order valence-electron chi connectivity index (χ2n) is 9.01. The molecule has 2 atom stereocenters. The van der Waals surface area contributed by atoms with E-state index in [1.807, 2.05) is 13.8 Å². The van der Waals surface area contributed by atoms with Gasteiger partial charge in [0.2, 0.25) is 10.0 Å². The van der Waals surface area contributed by atoms with Gasteiger partial charge in [-0.05, 0) is 61.6 Å². The molecule has 0 unspecified atom stereocenters. The van der Waals surface area contributed by atoms with Crippen LogP contribution in [-0.4, -0.2) is 31.7 Å². The lowest BCUT2D eigenvalue weighted by Gasteiger charge is -2.34. The number of halogens is 3. The quantitative estimate of drug-likeness (QED) is 0.506. The van der Waals surface area contributed by atoms with Crippen molar-refractivity contribution in [2.45, 2.75) is 38.3 Å². The summed E-state index contributed by atoms with van der Waals surface area (Å²) < 4.78 is 72.5. The number of hydrogen-bond acceptors (Lipinski definition) is 4. The van der Waals surface area contributed by atoms with Gasteiger partial charge in [-0.1, -0.05) is 19.9 Å². The van der Waals surface area contributed by atoms with Crippen LogP contribution in [0.4, 0.5) is 18.9 Å². The van der Waals surface area contributed by atoms with E-state index in [4.69, 9.17) is 4.42 Å². The van der Waals surface area contributed by atoms with Gasteiger partial charge >= 0.3 is 6.18 Å². The topological polar surface area (TPSA) is 79.6 Å². The summed E-state index contributed by atoms with van der Waals surface area (Å²) in [5.74, 6) is -0.314. The molecule has 1 fully saturated rings. The van der Waals surface area contributed by atoms with Crippen LogP contribution in [0.3, 0.4) is 0 Å². The molecule has 0 saturated carbocycles. The Hall–Kier alpha value is -2.85. The molecule has 1 aromatic heterocycles. The summed E-state index contributed by atoms with van der Waals surface area (Å²) in [6, 6.07) is 8.70. The minimum Gasteiger partial charge on any atom is -0.451 e. The molecule has 1 saturated heterocycles. The number of hydrogen-bond donors (Lipinski definition) is 1. The van der Waals surface area contributed by atoms with Gasteiger partial charge in [0.05, 0.1) is 10.5 Å². The average molecular weight is 495 g/mol. The number of nitrogens with one attached hydrogen (secondary N) is 1. The third-order valence-electron chi connectivity index (χ3n) is 6.03. The highest BCUT2D eigenvalue weighted by Crippen LogP contribution is 2.33. The van der Waals surface area contributed by atoms with Crippen LogP contribution < -0.4 is 5.32 Å². The van der Waals surface area contributed by atoms with Gasteiger partial charge in [-0.2, -0.15) is 17.5 Å². The van der Waals surface area contributed by atoms with E-state index >= 15 is 0 Å². The van der Waals surface area contributed by atoms with Crippen LogP contribution in [0, 0.1) is 18.8 Å². The van der Waals surface area contributed by atoms with Crippen molar-refractivity contribution in [1.29, 1.82) is 0 Å². The molecule has 34 heavy (non-hydrogen) atoms. The van der Waals surface area contributed by atoms with Crippen molar-refractivity contribution in [3.05, 3.63) is 59.4 Å². The summed E-state index contributed by atoms with van der Waals surface area (Å²) in [5, 5.41) is 2.87. The first-order chi connectivity index (χ1) is 15.9. The van der Waals surface area contributed by atoms with Gasteiger partial charge in [-0.3, -0.25) is 4.79 Å². The zero-order valence-electron chi connectivity index (χ0n) is 18.9. The Morgan fingerprint density at radius 3 is 2.41 bits per heavy atom. The van der Waals surface area contributed by atoms with E-state index in [9.17, 15) is 26.4 Å². The Bertz CT molecular complexity index is 1340. The number of benzene rings is 2. The Labute approximate surface area is 195 Å². The van der Waals surface area contributed by atoms with E-state index in [0.717, 1.165) is 18.6 Å². The minimum atomic E-state index is -4.54. The number of piperidine rings is 1. The van der Waals surface area contributed by atoms with E-state index in [2.05, 4.69) is 5.32 Å². The van der Waals surface area contributed by atoms with Gasteiger partial charge in [0, 0.05) is 29.7 Å². The monoisotopic (exact) mass is 494 g/mol. The van der Waals surface area contributed by atoms with Gasteiger partial charge in [0.25, 0.3) is 5.91 Å². The van der Waals surface area contributed by atoms with Crippen LogP contribution in [0.5, 0.6) is 0 Å².